The molecule has 3 nitrogen and oxygen atoms in total. The zero-order valence-corrected chi connectivity index (χ0v) is 7.27. The largest absolute Gasteiger partial charge is 0.282 e. The van der Waals surface area contributed by atoms with Crippen molar-refractivity contribution in [1.29, 1.82) is 0 Å². The van der Waals surface area contributed by atoms with Crippen LogP contribution in [0.5, 0.6) is 0 Å². The van der Waals surface area contributed by atoms with E-state index in [0.717, 1.165) is 6.54 Å². The first-order chi connectivity index (χ1) is 4.38. The Balaban J connectivity index is 0.000000500. The number of aromatic nitrogens is 2. The number of hydrogen-bond acceptors (Lipinski definition) is 1. The van der Waals surface area contributed by atoms with Gasteiger partial charge in [-0.2, -0.15) is 0 Å². The van der Waals surface area contributed by atoms with Crippen LogP contribution in [0.1, 0.15) is 0 Å². The average molecular weight is 195 g/mol. The predicted octanol–water partition coefficient (Wildman–Crippen LogP) is 0.978. The van der Waals surface area contributed by atoms with Crippen molar-refractivity contribution in [2.75, 3.05) is 0 Å². The minimum absolute atomic E-state index is 0. The Morgan fingerprint density at radius 2 is 2.09 bits per heavy atom. The Morgan fingerprint density at radius 1 is 1.36 bits per heavy atom. The van der Waals surface area contributed by atoms with E-state index < -0.39 is 0 Å². The van der Waals surface area contributed by atoms with E-state index in [4.69, 9.17) is 0 Å². The summed E-state index contributed by atoms with van der Waals surface area (Å²) in [6.07, 6.45) is 5.51. The van der Waals surface area contributed by atoms with E-state index in [1.165, 1.54) is 0 Å². The summed E-state index contributed by atoms with van der Waals surface area (Å²) in [5, 5.41) is 0. The fraction of sp³-hybridized carbons (Fsp3) is 0.167. The molecule has 1 aromatic heterocycles. The first-order valence-electron chi connectivity index (χ1n) is 2.82. The van der Waals surface area contributed by atoms with Gasteiger partial charge in [0.05, 0.1) is 6.54 Å². The zero-order chi connectivity index (χ0) is 6.27. The molecule has 0 fully saturated rings. The Labute approximate surface area is 76.1 Å². The maximum absolute atomic E-state index is 10.8. The fourth-order valence-electron chi connectivity index (χ4n) is 0.987. The van der Waals surface area contributed by atoms with E-state index >= 15 is 0 Å². The molecule has 0 aromatic carbocycles. The lowest BCUT2D eigenvalue weighted by molar-refractivity contribution is 0.658. The highest BCUT2D eigenvalue weighted by Crippen LogP contribution is 1.96. The minimum atomic E-state index is 0. The molecule has 5 heteroatoms. The third-order valence-corrected chi connectivity index (χ3v) is 1.43. The molecular formula is C6H8Cl2N2O. The molecule has 1 aliphatic rings. The molecule has 0 aliphatic carbocycles. The van der Waals surface area contributed by atoms with Gasteiger partial charge in [0.15, 0.2) is 0 Å². The number of rotatable bonds is 0. The SMILES string of the molecule is Cl.Cl.O=c1ccn2n1C=CC2. The molecule has 0 atom stereocenters. The van der Waals surface area contributed by atoms with Gasteiger partial charge in [-0.05, 0) is 6.08 Å². The van der Waals surface area contributed by atoms with Gasteiger partial charge in [-0.25, -0.2) is 4.68 Å². The van der Waals surface area contributed by atoms with Crippen LogP contribution in [-0.4, -0.2) is 9.36 Å². The molecule has 1 aliphatic heterocycles. The van der Waals surface area contributed by atoms with E-state index in [1.807, 2.05) is 10.8 Å². The Hall–Kier alpha value is -0.670. The predicted molar refractivity (Wildman–Crippen MR) is 48.5 cm³/mol. The lowest BCUT2D eigenvalue weighted by atomic mass is 10.6. The highest BCUT2D eigenvalue weighted by atomic mass is 35.5. The molecular weight excluding hydrogens is 187 g/mol. The van der Waals surface area contributed by atoms with Crippen LogP contribution < -0.4 is 5.56 Å². The van der Waals surface area contributed by atoms with E-state index in [1.54, 1.807) is 23.1 Å². The van der Waals surface area contributed by atoms with Crippen molar-refractivity contribution in [1.82, 2.24) is 9.36 Å². The molecule has 2 heterocycles. The second-order valence-corrected chi connectivity index (χ2v) is 2.01. The maximum atomic E-state index is 10.8. The molecule has 62 valence electrons. The maximum Gasteiger partial charge on any atom is 0.270 e. The Bertz CT molecular complexity index is 313. The van der Waals surface area contributed by atoms with Gasteiger partial charge in [-0.15, -0.1) is 24.8 Å². The van der Waals surface area contributed by atoms with Crippen molar-refractivity contribution in [2.45, 2.75) is 6.54 Å². The molecule has 0 saturated carbocycles. The van der Waals surface area contributed by atoms with Crippen LogP contribution >= 0.6 is 24.8 Å². The summed E-state index contributed by atoms with van der Waals surface area (Å²) in [4.78, 5) is 10.8. The number of halogens is 2. The second kappa shape index (κ2) is 3.64. The smallest absolute Gasteiger partial charge is 0.270 e. The van der Waals surface area contributed by atoms with Crippen LogP contribution in [0.15, 0.2) is 23.1 Å². The summed E-state index contributed by atoms with van der Waals surface area (Å²) in [5.41, 5.74) is 0.0451. The summed E-state index contributed by atoms with van der Waals surface area (Å²) in [6.45, 7) is 0.822. The summed E-state index contributed by atoms with van der Waals surface area (Å²) < 4.78 is 3.43. The Morgan fingerprint density at radius 3 is 2.73 bits per heavy atom. The van der Waals surface area contributed by atoms with E-state index in [9.17, 15) is 4.79 Å². The first kappa shape index (κ1) is 10.3. The molecule has 0 radical (unpaired) electrons. The van der Waals surface area contributed by atoms with Crippen LogP contribution in [0.3, 0.4) is 0 Å². The van der Waals surface area contributed by atoms with Gasteiger partial charge in [0, 0.05) is 18.5 Å². The number of fused-ring (bicyclic) bond motifs is 1. The van der Waals surface area contributed by atoms with Crippen molar-refractivity contribution in [3.05, 3.63) is 28.7 Å². The molecule has 0 spiro atoms. The van der Waals surface area contributed by atoms with Gasteiger partial charge in [0.1, 0.15) is 0 Å². The molecule has 1 aromatic rings. The van der Waals surface area contributed by atoms with Gasteiger partial charge >= 0.3 is 0 Å². The van der Waals surface area contributed by atoms with Crippen LogP contribution in [0.2, 0.25) is 0 Å². The molecule has 0 amide bonds. The van der Waals surface area contributed by atoms with Crippen molar-refractivity contribution < 1.29 is 0 Å². The van der Waals surface area contributed by atoms with Crippen LogP contribution in [0.4, 0.5) is 0 Å². The lowest BCUT2D eigenvalue weighted by Crippen LogP contribution is -2.12. The molecule has 0 bridgehead atoms. The molecule has 0 saturated heterocycles. The topological polar surface area (TPSA) is 26.9 Å². The van der Waals surface area contributed by atoms with E-state index in [-0.39, 0.29) is 30.4 Å². The molecule has 0 N–H and O–H groups in total. The van der Waals surface area contributed by atoms with Gasteiger partial charge in [0.25, 0.3) is 5.56 Å². The summed E-state index contributed by atoms with van der Waals surface area (Å²) in [6, 6.07) is 1.56. The third-order valence-electron chi connectivity index (χ3n) is 1.43. The van der Waals surface area contributed by atoms with Crippen LogP contribution in [-0.2, 0) is 6.54 Å². The number of allylic oxidation sites excluding steroid dienone is 1. The molecule has 0 unspecified atom stereocenters. The standard InChI is InChI=1S/C6H6N2O.2ClH/c9-6-2-5-7-3-1-4-8(6)7;;/h1-2,4-5H,3H2;2*1H. The number of hydrogen-bond donors (Lipinski definition) is 0. The second-order valence-electron chi connectivity index (χ2n) is 2.01. The van der Waals surface area contributed by atoms with Gasteiger partial charge in [-0.1, -0.05) is 0 Å². The minimum Gasteiger partial charge on any atom is -0.282 e. The van der Waals surface area contributed by atoms with Crippen molar-refractivity contribution in [3.8, 4) is 0 Å². The zero-order valence-electron chi connectivity index (χ0n) is 5.64. The average Bonchev–Trinajstić information content (AvgIpc) is 2.35. The monoisotopic (exact) mass is 194 g/mol. The van der Waals surface area contributed by atoms with Crippen LogP contribution in [0, 0.1) is 0 Å². The number of nitrogens with zero attached hydrogens (tertiary/aromatic N) is 2. The normalized spacial score (nSPS) is 11.6. The lowest BCUT2D eigenvalue weighted by Gasteiger charge is -1.93. The van der Waals surface area contributed by atoms with E-state index in [2.05, 4.69) is 0 Å². The van der Waals surface area contributed by atoms with Gasteiger partial charge in [-0.3, -0.25) is 9.48 Å². The highest BCUT2D eigenvalue weighted by molar-refractivity contribution is 5.85. The summed E-state index contributed by atoms with van der Waals surface area (Å²) in [5.74, 6) is 0. The van der Waals surface area contributed by atoms with Gasteiger partial charge in [0.2, 0.25) is 0 Å². The highest BCUT2D eigenvalue weighted by Gasteiger charge is 2.01. The van der Waals surface area contributed by atoms with Crippen molar-refractivity contribution >= 4 is 31.0 Å². The fourth-order valence-corrected chi connectivity index (χ4v) is 0.987. The quantitative estimate of drug-likeness (QED) is 0.606. The third kappa shape index (κ3) is 1.49. The molecule has 2 rings (SSSR count). The summed E-state index contributed by atoms with van der Waals surface area (Å²) in [7, 11) is 0. The summed E-state index contributed by atoms with van der Waals surface area (Å²) >= 11 is 0. The van der Waals surface area contributed by atoms with Crippen LogP contribution in [0.25, 0.3) is 6.20 Å². The Kier molecular flexibility index (Phi) is 3.42. The van der Waals surface area contributed by atoms with E-state index in [0.29, 0.717) is 0 Å². The van der Waals surface area contributed by atoms with Crippen molar-refractivity contribution in [2.24, 2.45) is 0 Å². The van der Waals surface area contributed by atoms with Gasteiger partial charge < -0.3 is 0 Å². The van der Waals surface area contributed by atoms with Crippen molar-refractivity contribution in [3.63, 3.8) is 0 Å². The molecule has 11 heavy (non-hydrogen) atoms. The first-order valence-corrected chi connectivity index (χ1v) is 2.82.